The van der Waals surface area contributed by atoms with Gasteiger partial charge < -0.3 is 9.52 Å². The number of halogens is 1. The second-order valence-electron chi connectivity index (χ2n) is 4.75. The van der Waals surface area contributed by atoms with Crippen LogP contribution in [0.15, 0.2) is 39.4 Å². The number of hydrogen-bond acceptors (Lipinski definition) is 3. The SMILES string of the molecule is CCCn1cc(C(=O)O)c(-c2cc3cc(Br)ccc3o2)n1. The van der Waals surface area contributed by atoms with Gasteiger partial charge in [-0.2, -0.15) is 5.10 Å². The summed E-state index contributed by atoms with van der Waals surface area (Å²) in [7, 11) is 0. The van der Waals surface area contributed by atoms with E-state index in [4.69, 9.17) is 4.42 Å². The molecule has 2 heterocycles. The van der Waals surface area contributed by atoms with Crippen LogP contribution in [0.4, 0.5) is 0 Å². The molecule has 0 amide bonds. The van der Waals surface area contributed by atoms with Crippen LogP contribution in [-0.4, -0.2) is 20.9 Å². The zero-order chi connectivity index (χ0) is 15.0. The fourth-order valence-corrected chi connectivity index (χ4v) is 2.61. The molecule has 0 saturated carbocycles. The molecule has 0 fully saturated rings. The molecular weight excluding hydrogens is 336 g/mol. The fraction of sp³-hybridized carbons (Fsp3) is 0.200. The van der Waals surface area contributed by atoms with Gasteiger partial charge in [-0.05, 0) is 30.7 Å². The molecule has 0 bridgehead atoms. The predicted molar refractivity (Wildman–Crippen MR) is 82.4 cm³/mol. The molecule has 108 valence electrons. The predicted octanol–water partition coefficient (Wildman–Crippen LogP) is 4.17. The van der Waals surface area contributed by atoms with Crippen molar-refractivity contribution in [1.29, 1.82) is 0 Å². The molecule has 0 radical (unpaired) electrons. The van der Waals surface area contributed by atoms with Crippen molar-refractivity contribution in [3.05, 3.63) is 40.5 Å². The Bertz CT molecular complexity index is 820. The van der Waals surface area contributed by atoms with Crippen LogP contribution in [-0.2, 0) is 6.54 Å². The van der Waals surface area contributed by atoms with Gasteiger partial charge in [0.25, 0.3) is 0 Å². The standard InChI is InChI=1S/C15H13BrN2O3/c1-2-5-18-8-11(15(19)20)14(17-18)13-7-9-6-10(16)3-4-12(9)21-13/h3-4,6-8H,2,5H2,1H3,(H,19,20). The van der Waals surface area contributed by atoms with Gasteiger partial charge in [-0.15, -0.1) is 0 Å². The topological polar surface area (TPSA) is 68.3 Å². The number of hydrogen-bond donors (Lipinski definition) is 1. The Labute approximate surface area is 129 Å². The zero-order valence-electron chi connectivity index (χ0n) is 11.3. The first kappa shape index (κ1) is 13.9. The Hall–Kier alpha value is -2.08. The van der Waals surface area contributed by atoms with Gasteiger partial charge in [0.15, 0.2) is 5.76 Å². The van der Waals surface area contributed by atoms with Crippen LogP contribution < -0.4 is 0 Å². The van der Waals surface area contributed by atoms with E-state index in [0.717, 1.165) is 16.3 Å². The average molecular weight is 349 g/mol. The molecule has 0 aliphatic heterocycles. The molecule has 0 aliphatic carbocycles. The number of carboxylic acid groups (broad SMARTS) is 1. The largest absolute Gasteiger partial charge is 0.478 e. The van der Waals surface area contributed by atoms with Crippen LogP contribution in [0.1, 0.15) is 23.7 Å². The van der Waals surface area contributed by atoms with E-state index in [1.165, 1.54) is 0 Å². The van der Waals surface area contributed by atoms with Crippen LogP contribution >= 0.6 is 15.9 Å². The molecule has 0 unspecified atom stereocenters. The Morgan fingerprint density at radius 3 is 2.95 bits per heavy atom. The monoisotopic (exact) mass is 348 g/mol. The van der Waals surface area contributed by atoms with Crippen LogP contribution in [0, 0.1) is 0 Å². The van der Waals surface area contributed by atoms with Gasteiger partial charge in [-0.25, -0.2) is 4.79 Å². The van der Waals surface area contributed by atoms with Crippen molar-refractivity contribution in [1.82, 2.24) is 9.78 Å². The lowest BCUT2D eigenvalue weighted by Gasteiger charge is -1.95. The van der Waals surface area contributed by atoms with Crippen molar-refractivity contribution in [3.8, 4) is 11.5 Å². The molecule has 3 rings (SSSR count). The Balaban J connectivity index is 2.14. The van der Waals surface area contributed by atoms with E-state index in [2.05, 4.69) is 21.0 Å². The van der Waals surface area contributed by atoms with Crippen molar-refractivity contribution < 1.29 is 14.3 Å². The van der Waals surface area contributed by atoms with Gasteiger partial charge >= 0.3 is 5.97 Å². The van der Waals surface area contributed by atoms with Crippen LogP contribution in [0.3, 0.4) is 0 Å². The highest BCUT2D eigenvalue weighted by molar-refractivity contribution is 9.10. The number of aryl methyl sites for hydroxylation is 1. The van der Waals surface area contributed by atoms with Gasteiger partial charge in [-0.3, -0.25) is 4.68 Å². The first-order valence-electron chi connectivity index (χ1n) is 6.58. The van der Waals surface area contributed by atoms with Crippen molar-refractivity contribution in [2.45, 2.75) is 19.9 Å². The Morgan fingerprint density at radius 2 is 2.24 bits per heavy atom. The number of rotatable bonds is 4. The van der Waals surface area contributed by atoms with E-state index >= 15 is 0 Å². The van der Waals surface area contributed by atoms with Gasteiger partial charge in [-0.1, -0.05) is 22.9 Å². The molecule has 0 saturated heterocycles. The first-order valence-corrected chi connectivity index (χ1v) is 7.38. The number of carboxylic acids is 1. The number of nitrogens with zero attached hydrogens (tertiary/aromatic N) is 2. The first-order chi connectivity index (χ1) is 10.1. The fourth-order valence-electron chi connectivity index (χ4n) is 2.23. The van der Waals surface area contributed by atoms with Crippen molar-refractivity contribution >= 4 is 32.9 Å². The van der Waals surface area contributed by atoms with Gasteiger partial charge in [0, 0.05) is 22.6 Å². The molecule has 3 aromatic rings. The smallest absolute Gasteiger partial charge is 0.339 e. The molecule has 0 atom stereocenters. The quantitative estimate of drug-likeness (QED) is 0.768. The average Bonchev–Trinajstić information content (AvgIpc) is 3.02. The van der Waals surface area contributed by atoms with E-state index in [1.807, 2.05) is 31.2 Å². The third-order valence-electron chi connectivity index (χ3n) is 3.16. The van der Waals surface area contributed by atoms with E-state index in [9.17, 15) is 9.90 Å². The van der Waals surface area contributed by atoms with Crippen LogP contribution in [0.5, 0.6) is 0 Å². The second-order valence-corrected chi connectivity index (χ2v) is 5.67. The summed E-state index contributed by atoms with van der Waals surface area (Å²) in [6.45, 7) is 2.69. The number of benzene rings is 1. The maximum absolute atomic E-state index is 11.4. The van der Waals surface area contributed by atoms with E-state index in [0.29, 0.717) is 23.6 Å². The van der Waals surface area contributed by atoms with Crippen LogP contribution in [0.25, 0.3) is 22.4 Å². The van der Waals surface area contributed by atoms with Gasteiger partial charge in [0.05, 0.1) is 0 Å². The summed E-state index contributed by atoms with van der Waals surface area (Å²) in [6, 6.07) is 7.45. The summed E-state index contributed by atoms with van der Waals surface area (Å²) < 4.78 is 8.31. The highest BCUT2D eigenvalue weighted by Gasteiger charge is 2.20. The summed E-state index contributed by atoms with van der Waals surface area (Å²) in [6.07, 6.45) is 2.43. The van der Waals surface area contributed by atoms with E-state index in [-0.39, 0.29) is 5.56 Å². The lowest BCUT2D eigenvalue weighted by atomic mass is 10.2. The number of aromatic carboxylic acids is 1. The number of fused-ring (bicyclic) bond motifs is 1. The lowest BCUT2D eigenvalue weighted by Crippen LogP contribution is -1.97. The molecule has 1 aromatic carbocycles. The molecule has 2 aromatic heterocycles. The summed E-state index contributed by atoms with van der Waals surface area (Å²) in [4.78, 5) is 11.4. The minimum Gasteiger partial charge on any atom is -0.478 e. The Morgan fingerprint density at radius 1 is 1.43 bits per heavy atom. The maximum atomic E-state index is 11.4. The molecule has 5 nitrogen and oxygen atoms in total. The molecular formula is C15H13BrN2O3. The lowest BCUT2D eigenvalue weighted by molar-refractivity contribution is 0.0697. The summed E-state index contributed by atoms with van der Waals surface area (Å²) >= 11 is 3.40. The third-order valence-corrected chi connectivity index (χ3v) is 3.65. The summed E-state index contributed by atoms with van der Waals surface area (Å²) in [5.74, 6) is -0.538. The summed E-state index contributed by atoms with van der Waals surface area (Å²) in [5, 5.41) is 14.6. The van der Waals surface area contributed by atoms with Gasteiger partial charge in [0.2, 0.25) is 0 Å². The molecule has 6 heteroatoms. The zero-order valence-corrected chi connectivity index (χ0v) is 12.9. The van der Waals surface area contributed by atoms with Crippen molar-refractivity contribution in [2.24, 2.45) is 0 Å². The molecule has 21 heavy (non-hydrogen) atoms. The number of aromatic nitrogens is 2. The van der Waals surface area contributed by atoms with E-state index in [1.54, 1.807) is 10.9 Å². The maximum Gasteiger partial charge on any atom is 0.339 e. The third kappa shape index (κ3) is 2.58. The van der Waals surface area contributed by atoms with Crippen molar-refractivity contribution in [2.75, 3.05) is 0 Å². The second kappa shape index (κ2) is 5.37. The van der Waals surface area contributed by atoms with E-state index < -0.39 is 5.97 Å². The normalized spacial score (nSPS) is 11.1. The van der Waals surface area contributed by atoms with Crippen molar-refractivity contribution in [3.63, 3.8) is 0 Å². The summed E-state index contributed by atoms with van der Waals surface area (Å²) in [5.41, 5.74) is 1.22. The Kier molecular flexibility index (Phi) is 3.55. The number of carbonyl (C=O) groups is 1. The number of furan rings is 1. The molecule has 0 spiro atoms. The highest BCUT2D eigenvalue weighted by atomic mass is 79.9. The molecule has 0 aliphatic rings. The van der Waals surface area contributed by atoms with Gasteiger partial charge in [0.1, 0.15) is 16.8 Å². The molecule has 1 N–H and O–H groups in total. The van der Waals surface area contributed by atoms with Crippen LogP contribution in [0.2, 0.25) is 0 Å². The minimum absolute atomic E-state index is 0.154. The highest BCUT2D eigenvalue weighted by Crippen LogP contribution is 2.30. The minimum atomic E-state index is -1.01.